The summed E-state index contributed by atoms with van der Waals surface area (Å²) in [7, 11) is -1.14. The summed E-state index contributed by atoms with van der Waals surface area (Å²) in [5.41, 5.74) is 1.63. The minimum Gasteiger partial charge on any atom is -0.377 e. The van der Waals surface area contributed by atoms with Gasteiger partial charge in [0.2, 0.25) is 0 Å². The van der Waals surface area contributed by atoms with Gasteiger partial charge in [-0.25, -0.2) is 0 Å². The molecule has 0 saturated heterocycles. The lowest BCUT2D eigenvalue weighted by Gasteiger charge is -2.09. The number of hydrogen-bond acceptors (Lipinski definition) is 3. The Balaban J connectivity index is 1.73. The normalized spacial score (nSPS) is 11.9. The molecule has 0 saturated carbocycles. The van der Waals surface area contributed by atoms with Gasteiger partial charge in [-0.05, 0) is 24.1 Å². The summed E-state index contributed by atoms with van der Waals surface area (Å²) in [6, 6.07) is 17.0. The van der Waals surface area contributed by atoms with Gasteiger partial charge in [0.1, 0.15) is 0 Å². The highest BCUT2D eigenvalue weighted by Gasteiger charge is 2.13. The SMILES string of the molecule is CC[S@@](=O)c1ccccc1C(=O)NCCCOCc1ccccc1. The van der Waals surface area contributed by atoms with Gasteiger partial charge in [-0.1, -0.05) is 49.4 Å². The van der Waals surface area contributed by atoms with Crippen LogP contribution in [0, 0.1) is 0 Å². The first-order valence-corrected chi connectivity index (χ1v) is 9.41. The molecule has 0 aliphatic carbocycles. The van der Waals surface area contributed by atoms with Crippen LogP contribution in [-0.4, -0.2) is 29.0 Å². The predicted molar refractivity (Wildman–Crippen MR) is 96.4 cm³/mol. The monoisotopic (exact) mass is 345 g/mol. The van der Waals surface area contributed by atoms with Crippen molar-refractivity contribution in [3.63, 3.8) is 0 Å². The summed E-state index contributed by atoms with van der Waals surface area (Å²) in [4.78, 5) is 12.8. The van der Waals surface area contributed by atoms with Crippen LogP contribution in [0.15, 0.2) is 59.5 Å². The molecule has 0 aliphatic heterocycles. The maximum atomic E-state index is 12.3. The Hall–Kier alpha value is -1.98. The molecule has 1 atom stereocenters. The molecular weight excluding hydrogens is 322 g/mol. The molecule has 0 radical (unpaired) electrons. The topological polar surface area (TPSA) is 55.4 Å². The Morgan fingerprint density at radius 3 is 2.54 bits per heavy atom. The fraction of sp³-hybridized carbons (Fsp3) is 0.316. The van der Waals surface area contributed by atoms with E-state index in [9.17, 15) is 9.00 Å². The summed E-state index contributed by atoms with van der Waals surface area (Å²) >= 11 is 0. The van der Waals surface area contributed by atoms with Crippen LogP contribution in [0.2, 0.25) is 0 Å². The molecule has 0 heterocycles. The highest BCUT2D eigenvalue weighted by Crippen LogP contribution is 2.13. The Morgan fingerprint density at radius 2 is 1.79 bits per heavy atom. The van der Waals surface area contributed by atoms with E-state index in [4.69, 9.17) is 4.74 Å². The van der Waals surface area contributed by atoms with Crippen molar-refractivity contribution in [1.29, 1.82) is 0 Å². The minimum absolute atomic E-state index is 0.185. The van der Waals surface area contributed by atoms with Crippen molar-refractivity contribution in [3.05, 3.63) is 65.7 Å². The Morgan fingerprint density at radius 1 is 1.08 bits per heavy atom. The van der Waals surface area contributed by atoms with Gasteiger partial charge in [0, 0.05) is 18.9 Å². The molecule has 5 heteroatoms. The lowest BCUT2D eigenvalue weighted by atomic mass is 10.2. The lowest BCUT2D eigenvalue weighted by molar-refractivity contribution is 0.0931. The van der Waals surface area contributed by atoms with Crippen LogP contribution in [0.4, 0.5) is 0 Å². The summed E-state index contributed by atoms with van der Waals surface area (Å²) in [5, 5.41) is 2.86. The highest BCUT2D eigenvalue weighted by atomic mass is 32.2. The Bertz CT molecular complexity index is 673. The quantitative estimate of drug-likeness (QED) is 0.710. The number of amides is 1. The van der Waals surface area contributed by atoms with E-state index in [-0.39, 0.29) is 5.91 Å². The molecule has 0 aliphatic rings. The molecule has 4 nitrogen and oxygen atoms in total. The van der Waals surface area contributed by atoms with Crippen molar-refractivity contribution in [2.45, 2.75) is 24.8 Å². The third-order valence-corrected chi connectivity index (χ3v) is 4.87. The van der Waals surface area contributed by atoms with Gasteiger partial charge in [0.25, 0.3) is 5.91 Å². The first kappa shape index (κ1) is 18.4. The second-order valence-electron chi connectivity index (χ2n) is 5.28. The Kier molecular flexibility index (Phi) is 7.65. The van der Waals surface area contributed by atoms with E-state index in [0.29, 0.717) is 36.0 Å². The predicted octanol–water partition coefficient (Wildman–Crippen LogP) is 3.15. The van der Waals surface area contributed by atoms with Crippen molar-refractivity contribution in [3.8, 4) is 0 Å². The molecule has 2 rings (SSSR count). The van der Waals surface area contributed by atoms with Crippen LogP contribution >= 0.6 is 0 Å². The molecule has 128 valence electrons. The average molecular weight is 345 g/mol. The number of rotatable bonds is 9. The van der Waals surface area contributed by atoms with Crippen molar-refractivity contribution in [2.75, 3.05) is 18.9 Å². The maximum Gasteiger partial charge on any atom is 0.252 e. The van der Waals surface area contributed by atoms with Gasteiger partial charge < -0.3 is 10.1 Å². The van der Waals surface area contributed by atoms with Crippen molar-refractivity contribution < 1.29 is 13.7 Å². The first-order chi connectivity index (χ1) is 11.7. The largest absolute Gasteiger partial charge is 0.377 e. The van der Waals surface area contributed by atoms with Gasteiger partial charge in [0.05, 0.1) is 27.9 Å². The molecule has 2 aromatic carbocycles. The van der Waals surface area contributed by atoms with Crippen LogP contribution in [0.3, 0.4) is 0 Å². The summed E-state index contributed by atoms with van der Waals surface area (Å²) in [6.07, 6.45) is 0.734. The second-order valence-corrected chi connectivity index (χ2v) is 6.99. The van der Waals surface area contributed by atoms with E-state index in [1.165, 1.54) is 0 Å². The van der Waals surface area contributed by atoms with Crippen LogP contribution in [-0.2, 0) is 22.1 Å². The zero-order chi connectivity index (χ0) is 17.2. The minimum atomic E-state index is -1.14. The average Bonchev–Trinajstić information content (AvgIpc) is 2.64. The van der Waals surface area contributed by atoms with Gasteiger partial charge in [-0.15, -0.1) is 0 Å². The molecule has 0 bridgehead atoms. The van der Waals surface area contributed by atoms with Crippen molar-refractivity contribution >= 4 is 16.7 Å². The molecule has 2 aromatic rings. The summed E-state index contributed by atoms with van der Waals surface area (Å²) in [6.45, 7) is 3.53. The number of ether oxygens (including phenoxy) is 1. The zero-order valence-corrected chi connectivity index (χ0v) is 14.7. The zero-order valence-electron chi connectivity index (χ0n) is 13.9. The van der Waals surface area contributed by atoms with E-state index >= 15 is 0 Å². The molecular formula is C19H23NO3S. The maximum absolute atomic E-state index is 12.3. The summed E-state index contributed by atoms with van der Waals surface area (Å²) in [5.74, 6) is 0.313. The summed E-state index contributed by atoms with van der Waals surface area (Å²) < 4.78 is 17.6. The van der Waals surface area contributed by atoms with E-state index in [1.807, 2.05) is 37.3 Å². The number of nitrogens with one attached hydrogen (secondary N) is 1. The van der Waals surface area contributed by atoms with Crippen LogP contribution in [0.1, 0.15) is 29.3 Å². The van der Waals surface area contributed by atoms with Gasteiger partial charge in [-0.3, -0.25) is 9.00 Å². The van der Waals surface area contributed by atoms with Gasteiger partial charge in [-0.2, -0.15) is 0 Å². The van der Waals surface area contributed by atoms with E-state index in [0.717, 1.165) is 12.0 Å². The molecule has 0 fully saturated rings. The molecule has 24 heavy (non-hydrogen) atoms. The number of carbonyl (C=O) groups is 1. The molecule has 0 unspecified atom stereocenters. The van der Waals surface area contributed by atoms with Crippen molar-refractivity contribution in [1.82, 2.24) is 5.32 Å². The molecule has 1 N–H and O–H groups in total. The molecule has 1 amide bonds. The number of hydrogen-bond donors (Lipinski definition) is 1. The molecule has 0 aromatic heterocycles. The fourth-order valence-electron chi connectivity index (χ4n) is 2.24. The first-order valence-electron chi connectivity index (χ1n) is 8.09. The standard InChI is InChI=1S/C19H23NO3S/c1-2-24(22)18-12-7-6-11-17(18)19(21)20-13-8-14-23-15-16-9-4-3-5-10-16/h3-7,9-12H,2,8,13-15H2,1H3,(H,20,21)/t24-/m1/s1. The lowest BCUT2D eigenvalue weighted by Crippen LogP contribution is -2.26. The van der Waals surface area contributed by atoms with E-state index < -0.39 is 10.8 Å². The highest BCUT2D eigenvalue weighted by molar-refractivity contribution is 7.85. The van der Waals surface area contributed by atoms with Crippen LogP contribution < -0.4 is 5.32 Å². The third kappa shape index (κ3) is 5.58. The van der Waals surface area contributed by atoms with Gasteiger partial charge >= 0.3 is 0 Å². The molecule has 0 spiro atoms. The number of carbonyl (C=O) groups excluding carboxylic acids is 1. The number of benzene rings is 2. The third-order valence-electron chi connectivity index (χ3n) is 3.50. The van der Waals surface area contributed by atoms with Crippen LogP contribution in [0.5, 0.6) is 0 Å². The van der Waals surface area contributed by atoms with Gasteiger partial charge in [0.15, 0.2) is 0 Å². The van der Waals surface area contributed by atoms with E-state index in [1.54, 1.807) is 24.3 Å². The van der Waals surface area contributed by atoms with Crippen molar-refractivity contribution in [2.24, 2.45) is 0 Å². The second kappa shape index (κ2) is 10.0. The fourth-order valence-corrected chi connectivity index (χ4v) is 3.19. The van der Waals surface area contributed by atoms with Crippen LogP contribution in [0.25, 0.3) is 0 Å². The van der Waals surface area contributed by atoms with E-state index in [2.05, 4.69) is 5.32 Å². The Labute approximate surface area is 145 Å². The smallest absolute Gasteiger partial charge is 0.252 e.